The van der Waals surface area contributed by atoms with Crippen LogP contribution in [0, 0.1) is 23.3 Å². The van der Waals surface area contributed by atoms with E-state index in [-0.39, 0.29) is 12.5 Å². The number of rotatable bonds is 4. The Morgan fingerprint density at radius 1 is 1.09 bits per heavy atom. The molecule has 7 heteroatoms. The molecule has 0 radical (unpaired) electrons. The van der Waals surface area contributed by atoms with Gasteiger partial charge in [0.15, 0.2) is 23.3 Å². The van der Waals surface area contributed by atoms with Crippen LogP contribution < -0.4 is 10.1 Å². The van der Waals surface area contributed by atoms with Crippen molar-refractivity contribution in [3.05, 3.63) is 59.2 Å². The van der Waals surface area contributed by atoms with Crippen LogP contribution in [0.25, 0.3) is 0 Å². The zero-order valence-electron chi connectivity index (χ0n) is 11.4. The Morgan fingerprint density at radius 3 is 2.27 bits per heavy atom. The van der Waals surface area contributed by atoms with Crippen LogP contribution in [-0.4, -0.2) is 13.0 Å². The molecule has 0 atom stereocenters. The van der Waals surface area contributed by atoms with E-state index in [1.54, 1.807) is 24.3 Å². The summed E-state index contributed by atoms with van der Waals surface area (Å²) in [5, 5.41) is 1.84. The zero-order chi connectivity index (χ0) is 16.3. The maximum atomic E-state index is 13.5. The van der Waals surface area contributed by atoms with E-state index in [1.807, 2.05) is 5.32 Å². The van der Waals surface area contributed by atoms with Crippen LogP contribution in [0.5, 0.6) is 5.75 Å². The summed E-state index contributed by atoms with van der Waals surface area (Å²) in [6, 6.07) is 6.58. The Bertz CT molecular complexity index is 693. The quantitative estimate of drug-likeness (QED) is 0.694. The smallest absolute Gasteiger partial charge is 0.229 e. The third kappa shape index (κ3) is 3.19. The molecule has 116 valence electrons. The van der Waals surface area contributed by atoms with Crippen molar-refractivity contribution in [2.75, 3.05) is 12.4 Å². The molecular weight excluding hydrogens is 302 g/mol. The average Bonchev–Trinajstić information content (AvgIpc) is 2.50. The summed E-state index contributed by atoms with van der Waals surface area (Å²) in [5.41, 5.74) is -0.697. The first-order valence-corrected chi connectivity index (χ1v) is 6.18. The molecule has 0 aliphatic rings. The van der Waals surface area contributed by atoms with Gasteiger partial charge in [-0.2, -0.15) is 0 Å². The highest BCUT2D eigenvalue weighted by Gasteiger charge is 2.21. The predicted octanol–water partition coefficient (Wildman–Crippen LogP) is 3.43. The zero-order valence-corrected chi connectivity index (χ0v) is 11.4. The van der Waals surface area contributed by atoms with Crippen LogP contribution in [0.2, 0.25) is 0 Å². The van der Waals surface area contributed by atoms with Gasteiger partial charge in [-0.25, -0.2) is 17.6 Å². The number of hydrogen-bond donors (Lipinski definition) is 1. The van der Waals surface area contributed by atoms with Crippen molar-refractivity contribution in [1.82, 2.24) is 0 Å². The van der Waals surface area contributed by atoms with Crippen LogP contribution in [0.15, 0.2) is 30.3 Å². The van der Waals surface area contributed by atoms with Gasteiger partial charge in [0.05, 0.1) is 13.5 Å². The van der Waals surface area contributed by atoms with Gasteiger partial charge in [0.2, 0.25) is 5.91 Å². The Hall–Kier alpha value is -2.57. The number of carbonyl (C=O) groups is 1. The number of halogens is 4. The van der Waals surface area contributed by atoms with Gasteiger partial charge in [0.1, 0.15) is 11.4 Å². The minimum absolute atomic E-state index is 0.0700. The normalized spacial score (nSPS) is 10.4. The van der Waals surface area contributed by atoms with Gasteiger partial charge in [0.25, 0.3) is 0 Å². The molecule has 22 heavy (non-hydrogen) atoms. The maximum Gasteiger partial charge on any atom is 0.229 e. The van der Waals surface area contributed by atoms with Crippen molar-refractivity contribution in [1.29, 1.82) is 0 Å². The number of ether oxygens (including phenoxy) is 1. The Balaban J connectivity index is 2.23. The standard InChI is InChI=1S/C15H11F4NO2/c1-22-11-5-3-2-4-8(11)6-12(21)20-15-13(18)9(16)7-10(17)14(15)19/h2-5,7H,6H2,1H3,(H,20,21). The van der Waals surface area contributed by atoms with Gasteiger partial charge in [-0.3, -0.25) is 4.79 Å². The molecule has 0 spiro atoms. The average molecular weight is 313 g/mol. The number of amides is 1. The Morgan fingerprint density at radius 2 is 1.68 bits per heavy atom. The fraction of sp³-hybridized carbons (Fsp3) is 0.133. The van der Waals surface area contributed by atoms with E-state index in [2.05, 4.69) is 0 Å². The van der Waals surface area contributed by atoms with Crippen molar-refractivity contribution >= 4 is 11.6 Å². The molecule has 3 nitrogen and oxygen atoms in total. The highest BCUT2D eigenvalue weighted by molar-refractivity contribution is 5.92. The van der Waals surface area contributed by atoms with E-state index in [0.29, 0.717) is 11.3 Å². The van der Waals surface area contributed by atoms with E-state index in [1.165, 1.54) is 7.11 Å². The lowest BCUT2D eigenvalue weighted by atomic mass is 10.1. The van der Waals surface area contributed by atoms with Gasteiger partial charge < -0.3 is 10.1 Å². The summed E-state index contributed by atoms with van der Waals surface area (Å²) >= 11 is 0. The first-order valence-electron chi connectivity index (χ1n) is 6.18. The second kappa shape index (κ2) is 6.46. The number of hydrogen-bond acceptors (Lipinski definition) is 2. The summed E-state index contributed by atoms with van der Waals surface area (Å²) in [5.74, 6) is -6.94. The van der Waals surface area contributed by atoms with Crippen LogP contribution in [0.4, 0.5) is 23.2 Å². The van der Waals surface area contributed by atoms with Crippen molar-refractivity contribution in [2.24, 2.45) is 0 Å². The van der Waals surface area contributed by atoms with Crippen molar-refractivity contribution in [3.8, 4) is 5.75 Å². The lowest BCUT2D eigenvalue weighted by Gasteiger charge is -2.10. The predicted molar refractivity (Wildman–Crippen MR) is 71.6 cm³/mol. The van der Waals surface area contributed by atoms with Gasteiger partial charge >= 0.3 is 0 Å². The number of nitrogens with one attached hydrogen (secondary N) is 1. The Labute approximate surface area is 123 Å². The van der Waals surface area contributed by atoms with Crippen LogP contribution in [-0.2, 0) is 11.2 Å². The SMILES string of the molecule is COc1ccccc1CC(=O)Nc1c(F)c(F)cc(F)c1F. The van der Waals surface area contributed by atoms with Gasteiger partial charge in [-0.1, -0.05) is 18.2 Å². The highest BCUT2D eigenvalue weighted by atomic mass is 19.2. The fourth-order valence-corrected chi connectivity index (χ4v) is 1.89. The summed E-state index contributed by atoms with van der Waals surface area (Å²) < 4.78 is 58.1. The molecule has 2 aromatic carbocycles. The molecule has 0 saturated heterocycles. The van der Waals surface area contributed by atoms with Crippen molar-refractivity contribution in [3.63, 3.8) is 0 Å². The fourth-order valence-electron chi connectivity index (χ4n) is 1.89. The maximum absolute atomic E-state index is 13.5. The summed E-state index contributed by atoms with van der Waals surface area (Å²) in [4.78, 5) is 11.8. The number of para-hydroxylation sites is 1. The number of carbonyl (C=O) groups excluding carboxylic acids is 1. The minimum atomic E-state index is -1.66. The monoisotopic (exact) mass is 313 g/mol. The summed E-state index contributed by atoms with van der Waals surface area (Å²) in [6.07, 6.45) is -0.277. The molecule has 1 N–H and O–H groups in total. The molecule has 2 rings (SSSR count). The molecule has 1 amide bonds. The van der Waals surface area contributed by atoms with Gasteiger partial charge in [-0.05, 0) is 6.07 Å². The Kier molecular flexibility index (Phi) is 4.65. The van der Waals surface area contributed by atoms with E-state index in [0.717, 1.165) is 0 Å². The molecule has 0 unspecified atom stereocenters. The molecule has 0 aromatic heterocycles. The first kappa shape index (κ1) is 15.8. The van der Waals surface area contributed by atoms with E-state index in [9.17, 15) is 22.4 Å². The highest BCUT2D eigenvalue weighted by Crippen LogP contribution is 2.25. The molecule has 0 fully saturated rings. The number of anilines is 1. The second-order valence-corrected chi connectivity index (χ2v) is 4.38. The lowest BCUT2D eigenvalue weighted by molar-refractivity contribution is -0.115. The molecule has 0 aliphatic heterocycles. The molecule has 0 saturated carbocycles. The third-order valence-corrected chi connectivity index (χ3v) is 2.92. The van der Waals surface area contributed by atoms with Crippen LogP contribution >= 0.6 is 0 Å². The second-order valence-electron chi connectivity index (χ2n) is 4.38. The largest absolute Gasteiger partial charge is 0.496 e. The number of methoxy groups -OCH3 is 1. The molecule has 0 aliphatic carbocycles. The molecule has 2 aromatic rings. The molecule has 0 bridgehead atoms. The summed E-state index contributed by atoms with van der Waals surface area (Å²) in [6.45, 7) is 0. The van der Waals surface area contributed by atoms with E-state index < -0.39 is 34.9 Å². The van der Waals surface area contributed by atoms with Crippen LogP contribution in [0.3, 0.4) is 0 Å². The van der Waals surface area contributed by atoms with Crippen molar-refractivity contribution in [2.45, 2.75) is 6.42 Å². The third-order valence-electron chi connectivity index (χ3n) is 2.92. The van der Waals surface area contributed by atoms with E-state index >= 15 is 0 Å². The van der Waals surface area contributed by atoms with Gasteiger partial charge in [-0.15, -0.1) is 0 Å². The lowest BCUT2D eigenvalue weighted by Crippen LogP contribution is -2.18. The number of benzene rings is 2. The minimum Gasteiger partial charge on any atom is -0.496 e. The van der Waals surface area contributed by atoms with Gasteiger partial charge in [0, 0.05) is 11.6 Å². The molecule has 0 heterocycles. The van der Waals surface area contributed by atoms with E-state index in [4.69, 9.17) is 4.74 Å². The van der Waals surface area contributed by atoms with Crippen molar-refractivity contribution < 1.29 is 27.1 Å². The van der Waals surface area contributed by atoms with Crippen LogP contribution in [0.1, 0.15) is 5.56 Å². The topological polar surface area (TPSA) is 38.3 Å². The molecular formula is C15H11F4NO2. The summed E-state index contributed by atoms with van der Waals surface area (Å²) in [7, 11) is 1.40. The first-order chi connectivity index (χ1) is 10.4.